The predicted molar refractivity (Wildman–Crippen MR) is 103 cm³/mol. The van der Waals surface area contributed by atoms with Gasteiger partial charge in [-0.05, 0) is 43.9 Å². The highest BCUT2D eigenvalue weighted by Gasteiger charge is 2.25. The third-order valence-corrected chi connectivity index (χ3v) is 4.83. The van der Waals surface area contributed by atoms with E-state index in [1.165, 1.54) is 6.07 Å². The first-order chi connectivity index (χ1) is 13.0. The number of hydrogen-bond donors (Lipinski definition) is 3. The number of aryl methyl sites for hydroxylation is 1. The van der Waals surface area contributed by atoms with Crippen LogP contribution in [0.4, 0.5) is 14.9 Å². The standard InChI is InChI=1S/C19H27FN6O/c1-3-26-13-17(12-21-26)22-19(27)25(2)9-5-8-16-11-18(24-23-16)14-6-4-7-15(20)10-14/h4,6-7,10,12-13,16,18,23-24H,3,5,8-9,11H2,1-2H3,(H,22,27). The Balaban J connectivity index is 1.38. The topological polar surface area (TPSA) is 74.2 Å². The molecule has 2 atom stereocenters. The van der Waals surface area contributed by atoms with Gasteiger partial charge < -0.3 is 10.2 Å². The fraction of sp³-hybridized carbons (Fsp3) is 0.474. The fourth-order valence-corrected chi connectivity index (χ4v) is 3.25. The number of urea groups is 1. The quantitative estimate of drug-likeness (QED) is 0.697. The number of halogens is 1. The molecule has 2 aromatic rings. The molecule has 0 spiro atoms. The van der Waals surface area contributed by atoms with Crippen LogP contribution in [-0.2, 0) is 6.54 Å². The van der Waals surface area contributed by atoms with Crippen molar-refractivity contribution in [3.8, 4) is 0 Å². The summed E-state index contributed by atoms with van der Waals surface area (Å²) in [7, 11) is 1.79. The van der Waals surface area contributed by atoms with Crippen LogP contribution in [0, 0.1) is 5.82 Å². The molecule has 1 aromatic heterocycles. The summed E-state index contributed by atoms with van der Waals surface area (Å²) in [4.78, 5) is 13.9. The van der Waals surface area contributed by atoms with Gasteiger partial charge in [-0.1, -0.05) is 12.1 Å². The maximum absolute atomic E-state index is 13.4. The SMILES string of the molecule is CCn1cc(NC(=O)N(C)CCCC2CC(c3cccc(F)c3)NN2)cn1. The number of hydrazine groups is 1. The lowest BCUT2D eigenvalue weighted by molar-refractivity contribution is 0.221. The molecule has 0 saturated carbocycles. The summed E-state index contributed by atoms with van der Waals surface area (Å²) in [6.45, 7) is 3.43. The van der Waals surface area contributed by atoms with Gasteiger partial charge in [0.25, 0.3) is 0 Å². The largest absolute Gasteiger partial charge is 0.328 e. The molecule has 1 aliphatic rings. The monoisotopic (exact) mass is 374 g/mol. The molecule has 7 nitrogen and oxygen atoms in total. The van der Waals surface area contributed by atoms with Gasteiger partial charge >= 0.3 is 6.03 Å². The van der Waals surface area contributed by atoms with Gasteiger partial charge in [-0.2, -0.15) is 5.10 Å². The number of benzene rings is 1. The van der Waals surface area contributed by atoms with E-state index in [2.05, 4.69) is 21.3 Å². The average molecular weight is 374 g/mol. The number of carbonyl (C=O) groups is 1. The van der Waals surface area contributed by atoms with Gasteiger partial charge in [-0.15, -0.1) is 0 Å². The summed E-state index contributed by atoms with van der Waals surface area (Å²) >= 11 is 0. The summed E-state index contributed by atoms with van der Waals surface area (Å²) in [5.74, 6) is -0.213. The highest BCUT2D eigenvalue weighted by Crippen LogP contribution is 2.24. The maximum atomic E-state index is 13.4. The van der Waals surface area contributed by atoms with Crippen molar-refractivity contribution in [2.24, 2.45) is 0 Å². The molecule has 0 bridgehead atoms. The minimum absolute atomic E-state index is 0.113. The Bertz CT molecular complexity index is 764. The molecule has 3 N–H and O–H groups in total. The highest BCUT2D eigenvalue weighted by molar-refractivity contribution is 5.88. The van der Waals surface area contributed by atoms with Crippen LogP contribution in [-0.4, -0.2) is 40.3 Å². The average Bonchev–Trinajstić information content (AvgIpc) is 3.31. The highest BCUT2D eigenvalue weighted by atomic mass is 19.1. The van der Waals surface area contributed by atoms with Gasteiger partial charge in [0, 0.05) is 38.4 Å². The van der Waals surface area contributed by atoms with Crippen molar-refractivity contribution in [2.45, 2.75) is 44.8 Å². The van der Waals surface area contributed by atoms with Crippen LogP contribution < -0.4 is 16.2 Å². The summed E-state index contributed by atoms with van der Waals surface area (Å²) in [5, 5.41) is 6.99. The van der Waals surface area contributed by atoms with Crippen LogP contribution in [0.1, 0.15) is 37.8 Å². The summed E-state index contributed by atoms with van der Waals surface area (Å²) in [6, 6.07) is 6.97. The van der Waals surface area contributed by atoms with Crippen molar-refractivity contribution in [2.75, 3.05) is 18.9 Å². The molecule has 8 heteroatoms. The van der Waals surface area contributed by atoms with Crippen LogP contribution in [0.15, 0.2) is 36.7 Å². The molecule has 2 amide bonds. The number of amides is 2. The normalized spacial score (nSPS) is 19.2. The van der Waals surface area contributed by atoms with Crippen molar-refractivity contribution in [1.82, 2.24) is 25.5 Å². The van der Waals surface area contributed by atoms with E-state index in [4.69, 9.17) is 0 Å². The number of anilines is 1. The van der Waals surface area contributed by atoms with Crippen LogP contribution >= 0.6 is 0 Å². The Labute approximate surface area is 158 Å². The molecule has 3 rings (SSSR count). The van der Waals surface area contributed by atoms with Gasteiger partial charge in [0.05, 0.1) is 11.9 Å². The molecule has 2 heterocycles. The Hall–Kier alpha value is -2.45. The molecule has 1 saturated heterocycles. The molecular weight excluding hydrogens is 347 g/mol. The lowest BCUT2D eigenvalue weighted by atomic mass is 9.99. The van der Waals surface area contributed by atoms with E-state index in [1.54, 1.807) is 35.0 Å². The zero-order valence-corrected chi connectivity index (χ0v) is 15.8. The Morgan fingerprint density at radius 2 is 2.30 bits per heavy atom. The zero-order chi connectivity index (χ0) is 19.2. The Kier molecular flexibility index (Phi) is 6.41. The molecule has 1 aliphatic heterocycles. The zero-order valence-electron chi connectivity index (χ0n) is 15.8. The number of aromatic nitrogens is 2. The number of carbonyl (C=O) groups excluding carboxylic acids is 1. The van der Waals surface area contributed by atoms with E-state index in [0.717, 1.165) is 31.4 Å². The number of nitrogens with zero attached hydrogens (tertiary/aromatic N) is 3. The Morgan fingerprint density at radius 1 is 1.44 bits per heavy atom. The minimum Gasteiger partial charge on any atom is -0.328 e. The second-order valence-corrected chi connectivity index (χ2v) is 6.91. The lowest BCUT2D eigenvalue weighted by Crippen LogP contribution is -2.34. The molecule has 1 fully saturated rings. The molecule has 27 heavy (non-hydrogen) atoms. The summed E-state index contributed by atoms with van der Waals surface area (Å²) < 4.78 is 15.1. The smallest absolute Gasteiger partial charge is 0.321 e. The molecule has 2 unspecified atom stereocenters. The molecule has 0 aliphatic carbocycles. The first-order valence-corrected chi connectivity index (χ1v) is 9.36. The van der Waals surface area contributed by atoms with Crippen molar-refractivity contribution in [3.63, 3.8) is 0 Å². The second kappa shape index (κ2) is 8.96. The number of nitrogens with one attached hydrogen (secondary N) is 3. The van der Waals surface area contributed by atoms with E-state index in [0.29, 0.717) is 18.3 Å². The van der Waals surface area contributed by atoms with E-state index in [9.17, 15) is 9.18 Å². The van der Waals surface area contributed by atoms with Gasteiger partial charge in [0.15, 0.2) is 0 Å². The number of rotatable bonds is 7. The first kappa shape index (κ1) is 19.3. The summed E-state index contributed by atoms with van der Waals surface area (Å²) in [6.07, 6.45) is 6.18. The van der Waals surface area contributed by atoms with E-state index < -0.39 is 0 Å². The van der Waals surface area contributed by atoms with Crippen LogP contribution in [0.5, 0.6) is 0 Å². The third-order valence-electron chi connectivity index (χ3n) is 4.83. The van der Waals surface area contributed by atoms with Gasteiger partial charge in [-0.25, -0.2) is 9.18 Å². The fourth-order valence-electron chi connectivity index (χ4n) is 3.25. The summed E-state index contributed by atoms with van der Waals surface area (Å²) in [5.41, 5.74) is 8.16. The van der Waals surface area contributed by atoms with Crippen LogP contribution in [0.3, 0.4) is 0 Å². The second-order valence-electron chi connectivity index (χ2n) is 6.91. The van der Waals surface area contributed by atoms with Crippen LogP contribution in [0.2, 0.25) is 0 Å². The van der Waals surface area contributed by atoms with Gasteiger partial charge in [-0.3, -0.25) is 15.5 Å². The molecule has 0 radical (unpaired) electrons. The van der Waals surface area contributed by atoms with Crippen molar-refractivity contribution in [1.29, 1.82) is 0 Å². The Morgan fingerprint density at radius 3 is 3.04 bits per heavy atom. The van der Waals surface area contributed by atoms with E-state index in [-0.39, 0.29) is 17.9 Å². The van der Waals surface area contributed by atoms with E-state index >= 15 is 0 Å². The maximum Gasteiger partial charge on any atom is 0.321 e. The molecule has 146 valence electrons. The third kappa shape index (κ3) is 5.27. The van der Waals surface area contributed by atoms with Gasteiger partial charge in [0.2, 0.25) is 0 Å². The molecular formula is C19H27FN6O. The minimum atomic E-state index is -0.213. The van der Waals surface area contributed by atoms with Crippen molar-refractivity contribution < 1.29 is 9.18 Å². The number of hydrogen-bond acceptors (Lipinski definition) is 4. The van der Waals surface area contributed by atoms with Crippen molar-refractivity contribution >= 4 is 11.7 Å². The molecule has 1 aromatic carbocycles. The van der Waals surface area contributed by atoms with Crippen LogP contribution in [0.25, 0.3) is 0 Å². The van der Waals surface area contributed by atoms with Crippen molar-refractivity contribution in [3.05, 3.63) is 48.0 Å². The lowest BCUT2D eigenvalue weighted by Gasteiger charge is -2.18. The predicted octanol–water partition coefficient (Wildman–Crippen LogP) is 2.89. The van der Waals surface area contributed by atoms with E-state index in [1.807, 2.05) is 19.2 Å². The van der Waals surface area contributed by atoms with Gasteiger partial charge in [0.1, 0.15) is 5.82 Å². The first-order valence-electron chi connectivity index (χ1n) is 9.36.